The van der Waals surface area contributed by atoms with Crippen molar-refractivity contribution in [2.75, 3.05) is 6.61 Å². The predicted molar refractivity (Wildman–Crippen MR) is 78.2 cm³/mol. The molecular formula is C15H20O4S. The number of carbonyl (C=O) groups excluding carboxylic acids is 1. The number of rotatable bonds is 6. The van der Waals surface area contributed by atoms with Crippen molar-refractivity contribution >= 4 is 15.8 Å². The van der Waals surface area contributed by atoms with Crippen LogP contribution in [0.4, 0.5) is 0 Å². The van der Waals surface area contributed by atoms with Crippen LogP contribution in [0.25, 0.3) is 0 Å². The second kappa shape index (κ2) is 7.24. The van der Waals surface area contributed by atoms with E-state index in [0.717, 1.165) is 5.56 Å². The first-order chi connectivity index (χ1) is 9.43. The molecular weight excluding hydrogens is 276 g/mol. The summed E-state index contributed by atoms with van der Waals surface area (Å²) in [5.41, 5.74) is 0.963. The lowest BCUT2D eigenvalue weighted by Crippen LogP contribution is -2.31. The Morgan fingerprint density at radius 2 is 1.90 bits per heavy atom. The van der Waals surface area contributed by atoms with Gasteiger partial charge in [-0.1, -0.05) is 29.8 Å². The van der Waals surface area contributed by atoms with Crippen LogP contribution in [0.3, 0.4) is 0 Å². The highest BCUT2D eigenvalue weighted by Gasteiger charge is 2.34. The average Bonchev–Trinajstić information content (AvgIpc) is 2.39. The van der Waals surface area contributed by atoms with Crippen LogP contribution in [0.2, 0.25) is 0 Å². The molecule has 0 aliphatic carbocycles. The minimum Gasteiger partial charge on any atom is -0.465 e. The van der Waals surface area contributed by atoms with Gasteiger partial charge in [0.05, 0.1) is 11.5 Å². The minimum absolute atomic E-state index is 0.117. The molecule has 4 nitrogen and oxygen atoms in total. The van der Waals surface area contributed by atoms with Crippen LogP contribution >= 0.6 is 0 Å². The second-order valence-electron chi connectivity index (χ2n) is 4.40. The molecule has 0 saturated heterocycles. The molecule has 110 valence electrons. The number of aryl methyl sites for hydroxylation is 1. The summed E-state index contributed by atoms with van der Waals surface area (Å²) < 4.78 is 29.9. The molecule has 0 fully saturated rings. The Bertz CT molecular complexity index is 570. The average molecular weight is 296 g/mol. The summed E-state index contributed by atoms with van der Waals surface area (Å²) in [5, 5.41) is -1.19. The summed E-state index contributed by atoms with van der Waals surface area (Å²) >= 11 is 0. The third-order valence-corrected chi connectivity index (χ3v) is 4.92. The zero-order valence-corrected chi connectivity index (χ0v) is 12.8. The Morgan fingerprint density at radius 1 is 1.30 bits per heavy atom. The molecule has 0 amide bonds. The SMILES string of the molecule is CC=CCC(C(=O)OCC)S(=O)(=O)c1ccc(C)cc1. The molecule has 0 spiro atoms. The van der Waals surface area contributed by atoms with Gasteiger partial charge in [-0.25, -0.2) is 8.42 Å². The van der Waals surface area contributed by atoms with E-state index in [1.54, 1.807) is 38.1 Å². The molecule has 0 saturated carbocycles. The number of benzene rings is 1. The normalized spacial score (nSPS) is 13.3. The highest BCUT2D eigenvalue weighted by molar-refractivity contribution is 7.92. The van der Waals surface area contributed by atoms with E-state index >= 15 is 0 Å². The van der Waals surface area contributed by atoms with Gasteiger partial charge in [-0.3, -0.25) is 4.79 Å². The number of hydrogen-bond donors (Lipinski definition) is 0. The zero-order chi connectivity index (χ0) is 15.2. The largest absolute Gasteiger partial charge is 0.465 e. The monoisotopic (exact) mass is 296 g/mol. The van der Waals surface area contributed by atoms with Crippen molar-refractivity contribution in [1.82, 2.24) is 0 Å². The summed E-state index contributed by atoms with van der Waals surface area (Å²) in [4.78, 5) is 12.0. The molecule has 0 aromatic heterocycles. The summed E-state index contributed by atoms with van der Waals surface area (Å²) in [7, 11) is -3.74. The van der Waals surface area contributed by atoms with Gasteiger partial charge in [-0.2, -0.15) is 0 Å². The van der Waals surface area contributed by atoms with E-state index in [1.807, 2.05) is 6.92 Å². The number of sulfone groups is 1. The van der Waals surface area contributed by atoms with Gasteiger partial charge in [-0.05, 0) is 39.3 Å². The Morgan fingerprint density at radius 3 is 2.40 bits per heavy atom. The third-order valence-electron chi connectivity index (χ3n) is 2.86. The van der Waals surface area contributed by atoms with E-state index in [2.05, 4.69) is 0 Å². The van der Waals surface area contributed by atoms with Gasteiger partial charge in [0.2, 0.25) is 0 Å². The van der Waals surface area contributed by atoms with Crippen LogP contribution in [0.15, 0.2) is 41.3 Å². The number of carbonyl (C=O) groups is 1. The summed E-state index contributed by atoms with van der Waals surface area (Å²) in [6.45, 7) is 5.47. The van der Waals surface area contributed by atoms with Gasteiger partial charge in [-0.15, -0.1) is 0 Å². The van der Waals surface area contributed by atoms with Crippen molar-refractivity contribution in [1.29, 1.82) is 0 Å². The number of esters is 1. The van der Waals surface area contributed by atoms with Gasteiger partial charge < -0.3 is 4.74 Å². The van der Waals surface area contributed by atoms with Crippen molar-refractivity contribution in [3.8, 4) is 0 Å². The van der Waals surface area contributed by atoms with Crippen LogP contribution in [-0.4, -0.2) is 26.2 Å². The van der Waals surface area contributed by atoms with Gasteiger partial charge >= 0.3 is 5.97 Å². The van der Waals surface area contributed by atoms with Crippen LogP contribution in [0.5, 0.6) is 0 Å². The molecule has 1 aromatic rings. The quantitative estimate of drug-likeness (QED) is 0.598. The van der Waals surface area contributed by atoms with Crippen LogP contribution < -0.4 is 0 Å². The first kappa shape index (κ1) is 16.4. The van der Waals surface area contributed by atoms with Gasteiger partial charge in [0, 0.05) is 0 Å². The molecule has 1 atom stereocenters. The summed E-state index contributed by atoms with van der Waals surface area (Å²) in [6, 6.07) is 6.47. The van der Waals surface area contributed by atoms with E-state index in [4.69, 9.17) is 4.74 Å². The zero-order valence-electron chi connectivity index (χ0n) is 12.0. The highest BCUT2D eigenvalue weighted by atomic mass is 32.2. The Balaban J connectivity index is 3.16. The number of allylic oxidation sites excluding steroid dienone is 2. The summed E-state index contributed by atoms with van der Waals surface area (Å²) in [6.07, 6.45) is 3.50. The van der Waals surface area contributed by atoms with Gasteiger partial charge in [0.15, 0.2) is 15.1 Å². The Hall–Kier alpha value is -1.62. The fourth-order valence-corrected chi connectivity index (χ4v) is 3.27. The van der Waals surface area contributed by atoms with E-state index in [0.29, 0.717) is 0 Å². The first-order valence-electron chi connectivity index (χ1n) is 6.51. The maximum Gasteiger partial charge on any atom is 0.325 e. The van der Waals surface area contributed by atoms with Crippen molar-refractivity contribution in [2.24, 2.45) is 0 Å². The standard InChI is InChI=1S/C15H20O4S/c1-4-6-7-14(15(16)19-5-2)20(17,18)13-10-8-12(3)9-11-13/h4,6,8-11,14H,5,7H2,1-3H3. The van der Waals surface area contributed by atoms with Crippen LogP contribution in [0.1, 0.15) is 25.8 Å². The van der Waals surface area contributed by atoms with Crippen molar-refractivity contribution in [3.05, 3.63) is 42.0 Å². The molecule has 0 N–H and O–H groups in total. The smallest absolute Gasteiger partial charge is 0.325 e. The number of hydrogen-bond acceptors (Lipinski definition) is 4. The molecule has 1 aromatic carbocycles. The second-order valence-corrected chi connectivity index (χ2v) is 6.53. The lowest BCUT2D eigenvalue weighted by Gasteiger charge is -2.15. The van der Waals surface area contributed by atoms with Crippen molar-refractivity contribution < 1.29 is 17.9 Å². The van der Waals surface area contributed by atoms with Crippen molar-refractivity contribution in [3.63, 3.8) is 0 Å². The van der Waals surface area contributed by atoms with Gasteiger partial charge in [0.1, 0.15) is 0 Å². The molecule has 20 heavy (non-hydrogen) atoms. The third kappa shape index (κ3) is 3.93. The topological polar surface area (TPSA) is 60.4 Å². The van der Waals surface area contributed by atoms with E-state index < -0.39 is 21.1 Å². The van der Waals surface area contributed by atoms with Crippen LogP contribution in [-0.2, 0) is 19.4 Å². The molecule has 0 bridgehead atoms. The lowest BCUT2D eigenvalue weighted by molar-refractivity contribution is -0.142. The minimum atomic E-state index is -3.74. The Labute approximate surface area is 120 Å². The van der Waals surface area contributed by atoms with Gasteiger partial charge in [0.25, 0.3) is 0 Å². The molecule has 1 rings (SSSR count). The van der Waals surface area contributed by atoms with E-state index in [-0.39, 0.29) is 17.9 Å². The summed E-state index contributed by atoms with van der Waals surface area (Å²) in [5.74, 6) is -0.703. The molecule has 0 heterocycles. The molecule has 0 radical (unpaired) electrons. The first-order valence-corrected chi connectivity index (χ1v) is 8.06. The number of ether oxygens (including phenoxy) is 1. The lowest BCUT2D eigenvalue weighted by atomic mass is 10.2. The highest BCUT2D eigenvalue weighted by Crippen LogP contribution is 2.20. The van der Waals surface area contributed by atoms with E-state index in [9.17, 15) is 13.2 Å². The van der Waals surface area contributed by atoms with E-state index in [1.165, 1.54) is 12.1 Å². The maximum atomic E-state index is 12.5. The fourth-order valence-electron chi connectivity index (χ4n) is 1.74. The maximum absolute atomic E-state index is 12.5. The fraction of sp³-hybridized carbons (Fsp3) is 0.400. The molecule has 0 aliphatic rings. The molecule has 1 unspecified atom stereocenters. The predicted octanol–water partition coefficient (Wildman–Crippen LogP) is 2.67. The van der Waals surface area contributed by atoms with Crippen LogP contribution in [0, 0.1) is 6.92 Å². The molecule has 0 aliphatic heterocycles. The molecule has 5 heteroatoms. The Kier molecular flexibility index (Phi) is 5.95. The van der Waals surface area contributed by atoms with Crippen molar-refractivity contribution in [2.45, 2.75) is 37.3 Å².